The monoisotopic (exact) mass is 698 g/mol. The number of rotatable bonds is 11. The lowest BCUT2D eigenvalue weighted by molar-refractivity contribution is -0.116. The van der Waals surface area contributed by atoms with Crippen LogP contribution in [0, 0.1) is 12.7 Å². The maximum absolute atomic E-state index is 14.5. The number of nitrogens with one attached hydrogen (secondary N) is 3. The zero-order chi connectivity index (χ0) is 34.9. The van der Waals surface area contributed by atoms with Crippen LogP contribution in [0.1, 0.15) is 31.6 Å². The number of anilines is 2. The van der Waals surface area contributed by atoms with Crippen molar-refractivity contribution >= 4 is 57.7 Å². The van der Waals surface area contributed by atoms with Crippen molar-refractivity contribution in [3.63, 3.8) is 0 Å². The second-order valence-corrected chi connectivity index (χ2v) is 13.4. The fourth-order valence-electron chi connectivity index (χ4n) is 5.03. The lowest BCUT2D eigenvalue weighted by atomic mass is 10.1. The van der Waals surface area contributed by atoms with Gasteiger partial charge in [0.15, 0.2) is 5.13 Å². The minimum atomic E-state index is -0.631. The molecule has 0 radical (unpaired) electrons. The number of thioether (sulfide) groups is 1. The van der Waals surface area contributed by atoms with E-state index in [9.17, 15) is 18.8 Å². The van der Waals surface area contributed by atoms with Gasteiger partial charge in [-0.1, -0.05) is 97.1 Å². The van der Waals surface area contributed by atoms with Gasteiger partial charge in [-0.25, -0.2) is 9.37 Å². The summed E-state index contributed by atoms with van der Waals surface area (Å²) in [6.45, 7) is 1.98. The summed E-state index contributed by atoms with van der Waals surface area (Å²) in [6.07, 6.45) is 1.30. The predicted molar refractivity (Wildman–Crippen MR) is 199 cm³/mol. The van der Waals surface area contributed by atoms with Gasteiger partial charge in [-0.15, -0.1) is 23.1 Å². The van der Waals surface area contributed by atoms with Crippen molar-refractivity contribution in [2.24, 2.45) is 0 Å². The van der Waals surface area contributed by atoms with Crippen LogP contribution in [0.4, 0.5) is 15.2 Å². The van der Waals surface area contributed by atoms with E-state index in [1.807, 2.05) is 67.6 Å². The predicted octanol–water partition coefficient (Wildman–Crippen LogP) is 9.14. The third-order valence-corrected chi connectivity index (χ3v) is 9.67. The zero-order valence-electron chi connectivity index (χ0n) is 26.8. The van der Waals surface area contributed by atoms with Gasteiger partial charge < -0.3 is 16.0 Å². The number of hydrogen-bond acceptors (Lipinski definition) is 6. The van der Waals surface area contributed by atoms with Crippen molar-refractivity contribution in [2.45, 2.75) is 17.1 Å². The molecular weight excluding hydrogens is 668 g/mol. The third-order valence-electron chi connectivity index (χ3n) is 7.51. The highest BCUT2D eigenvalue weighted by atomic mass is 32.2. The molecule has 3 amide bonds. The van der Waals surface area contributed by atoms with E-state index in [2.05, 4.69) is 16.0 Å². The number of hydrogen-bond donors (Lipinski definition) is 3. The molecule has 10 heteroatoms. The second-order valence-electron chi connectivity index (χ2n) is 11.1. The molecule has 0 saturated heterocycles. The van der Waals surface area contributed by atoms with Gasteiger partial charge in [0.1, 0.15) is 16.8 Å². The molecule has 50 heavy (non-hydrogen) atoms. The van der Waals surface area contributed by atoms with E-state index in [1.165, 1.54) is 41.3 Å². The van der Waals surface area contributed by atoms with Crippen molar-refractivity contribution in [2.75, 3.05) is 10.6 Å². The standard InChI is InChI=1S/C40H31FN4O3S2/c1-26-35(27-13-5-2-6-14-27)44-40(49-26)45-39(48)36(28-15-7-3-8-16-28)50-32-23-21-31(22-24-32)42-38(47)34(25-30-19-11-12-20-33(30)41)43-37(46)29-17-9-4-10-18-29/h2-25,36H,1H3,(H,42,47)(H,43,46)(H,44,45,48)/b34-25-. The number of benzene rings is 5. The highest BCUT2D eigenvalue weighted by Crippen LogP contribution is 2.38. The van der Waals surface area contributed by atoms with Gasteiger partial charge in [-0.2, -0.15) is 0 Å². The number of halogens is 1. The van der Waals surface area contributed by atoms with Crippen LogP contribution in [0.3, 0.4) is 0 Å². The molecule has 0 aliphatic heterocycles. The van der Waals surface area contributed by atoms with E-state index in [0.717, 1.165) is 26.6 Å². The van der Waals surface area contributed by atoms with Crippen molar-refractivity contribution in [3.8, 4) is 11.3 Å². The Labute approximate surface area is 297 Å². The molecule has 7 nitrogen and oxygen atoms in total. The Morgan fingerprint density at radius 3 is 2.06 bits per heavy atom. The Morgan fingerprint density at radius 2 is 1.38 bits per heavy atom. The number of carbonyl (C=O) groups is 3. The van der Waals surface area contributed by atoms with E-state index in [4.69, 9.17) is 4.98 Å². The van der Waals surface area contributed by atoms with E-state index in [-0.39, 0.29) is 17.2 Å². The van der Waals surface area contributed by atoms with Crippen LogP contribution < -0.4 is 16.0 Å². The van der Waals surface area contributed by atoms with Crippen molar-refractivity contribution in [1.29, 1.82) is 0 Å². The number of aromatic nitrogens is 1. The van der Waals surface area contributed by atoms with Gasteiger partial charge in [-0.05, 0) is 61.0 Å². The molecule has 1 unspecified atom stereocenters. The molecule has 1 aromatic heterocycles. The first-order chi connectivity index (χ1) is 24.3. The maximum atomic E-state index is 14.5. The zero-order valence-corrected chi connectivity index (χ0v) is 28.4. The van der Waals surface area contributed by atoms with Gasteiger partial charge >= 0.3 is 0 Å². The van der Waals surface area contributed by atoms with E-state index in [1.54, 1.807) is 66.7 Å². The molecule has 5 aromatic carbocycles. The van der Waals surface area contributed by atoms with Crippen LogP contribution in [0.25, 0.3) is 17.3 Å². The van der Waals surface area contributed by atoms with Crippen LogP contribution in [0.2, 0.25) is 0 Å². The van der Waals surface area contributed by atoms with Gasteiger partial charge in [0.2, 0.25) is 5.91 Å². The quantitative estimate of drug-likeness (QED) is 0.0926. The molecule has 6 aromatic rings. The molecule has 0 aliphatic carbocycles. The molecule has 0 aliphatic rings. The number of thiazole rings is 1. The van der Waals surface area contributed by atoms with E-state index >= 15 is 0 Å². The first-order valence-electron chi connectivity index (χ1n) is 15.6. The summed E-state index contributed by atoms with van der Waals surface area (Å²) in [5.41, 5.74) is 3.44. The summed E-state index contributed by atoms with van der Waals surface area (Å²) in [4.78, 5) is 46.6. The average Bonchev–Trinajstić information content (AvgIpc) is 3.52. The van der Waals surface area contributed by atoms with Crippen molar-refractivity contribution < 1.29 is 18.8 Å². The molecule has 0 bridgehead atoms. The maximum Gasteiger partial charge on any atom is 0.272 e. The summed E-state index contributed by atoms with van der Waals surface area (Å²) in [5.74, 6) is -1.89. The van der Waals surface area contributed by atoms with Crippen LogP contribution >= 0.6 is 23.1 Å². The lowest BCUT2D eigenvalue weighted by Crippen LogP contribution is -2.30. The Hall–Kier alpha value is -5.84. The minimum Gasteiger partial charge on any atom is -0.321 e. The smallest absolute Gasteiger partial charge is 0.272 e. The summed E-state index contributed by atoms with van der Waals surface area (Å²) >= 11 is 2.79. The first kappa shape index (κ1) is 34.0. The average molecular weight is 699 g/mol. The minimum absolute atomic E-state index is 0.129. The Bertz CT molecular complexity index is 2140. The van der Waals surface area contributed by atoms with E-state index in [0.29, 0.717) is 16.4 Å². The third kappa shape index (κ3) is 8.59. The molecule has 0 saturated carbocycles. The molecule has 0 fully saturated rings. The fraction of sp³-hybridized carbons (Fsp3) is 0.0500. The largest absolute Gasteiger partial charge is 0.321 e. The normalized spacial score (nSPS) is 11.8. The van der Waals surface area contributed by atoms with Gasteiger partial charge in [0, 0.05) is 32.2 Å². The Kier molecular flexibility index (Phi) is 10.9. The topological polar surface area (TPSA) is 100 Å². The van der Waals surface area contributed by atoms with Crippen LogP contribution in [-0.4, -0.2) is 22.7 Å². The number of amides is 3. The summed E-state index contributed by atoms with van der Waals surface area (Å²) in [5, 5.41) is 8.35. The fourth-order valence-corrected chi connectivity index (χ4v) is 6.89. The molecule has 248 valence electrons. The highest BCUT2D eigenvalue weighted by molar-refractivity contribution is 8.00. The summed E-state index contributed by atoms with van der Waals surface area (Å²) < 4.78 is 14.5. The highest BCUT2D eigenvalue weighted by Gasteiger charge is 2.24. The van der Waals surface area contributed by atoms with Gasteiger partial charge in [-0.3, -0.25) is 14.4 Å². The van der Waals surface area contributed by atoms with Gasteiger partial charge in [0.25, 0.3) is 11.8 Å². The lowest BCUT2D eigenvalue weighted by Gasteiger charge is -2.17. The SMILES string of the molecule is Cc1sc(NC(=O)C(Sc2ccc(NC(=O)/C(=C/c3ccccc3F)NC(=O)c3ccccc3)cc2)c2ccccc2)nc1-c1ccccc1. The Balaban J connectivity index is 1.18. The summed E-state index contributed by atoms with van der Waals surface area (Å²) in [7, 11) is 0. The molecule has 6 rings (SSSR count). The van der Waals surface area contributed by atoms with Crippen molar-refractivity contribution in [3.05, 3.63) is 173 Å². The second kappa shape index (κ2) is 16.0. The number of carbonyl (C=O) groups excluding carboxylic acids is 3. The van der Waals surface area contributed by atoms with Crippen molar-refractivity contribution in [1.82, 2.24) is 10.3 Å². The molecule has 3 N–H and O–H groups in total. The van der Waals surface area contributed by atoms with Crippen LogP contribution in [0.5, 0.6) is 0 Å². The van der Waals surface area contributed by atoms with E-state index < -0.39 is 22.9 Å². The first-order valence-corrected chi connectivity index (χ1v) is 17.3. The molecule has 1 atom stereocenters. The number of nitrogens with zero attached hydrogens (tertiary/aromatic N) is 1. The van der Waals surface area contributed by atoms with Crippen LogP contribution in [0.15, 0.2) is 150 Å². The molecule has 1 heterocycles. The summed E-state index contributed by atoms with van der Waals surface area (Å²) in [6, 6.07) is 40.7. The Morgan fingerprint density at radius 1 is 0.760 bits per heavy atom. The van der Waals surface area contributed by atoms with Crippen LogP contribution in [-0.2, 0) is 9.59 Å². The molecular formula is C40H31FN4O3S2. The number of aryl methyl sites for hydroxylation is 1. The molecule has 0 spiro atoms. The van der Waals surface area contributed by atoms with Gasteiger partial charge in [0.05, 0.1) is 5.69 Å².